The Morgan fingerprint density at radius 1 is 0.643 bits per heavy atom. The molecular weight excluding hydrogens is 370 g/mol. The number of anilines is 3. The first-order valence-corrected chi connectivity index (χ1v) is 9.26. The maximum Gasteiger partial charge on any atom is 0.119 e. The van der Waals surface area contributed by atoms with Crippen LogP contribution in [0, 0.1) is 27.7 Å². The molecule has 0 unspecified atom stereocenters. The van der Waals surface area contributed by atoms with E-state index in [-0.39, 0.29) is 0 Å². The zero-order chi connectivity index (χ0) is 21.3. The quantitative estimate of drug-likeness (QED) is 0.458. The van der Waals surface area contributed by atoms with Gasteiger partial charge in [-0.15, -0.1) is 0 Å². The van der Waals surface area contributed by atoms with E-state index in [4.69, 9.17) is 33.5 Å². The minimum absolute atomic E-state index is 0.738. The molecule has 28 heavy (non-hydrogen) atoms. The van der Waals surface area contributed by atoms with E-state index in [0.29, 0.717) is 0 Å². The number of aryl methyl sites for hydroxylation is 4. The SMILES string of the molecule is COc1ccc(N)c(C)c1.Cc1cc(Cl)ccc1N.Cc1ccc(N)c(C)c1. The minimum atomic E-state index is 0.738. The fourth-order valence-corrected chi connectivity index (χ4v) is 2.47. The van der Waals surface area contributed by atoms with Crippen molar-refractivity contribution < 1.29 is 4.74 Å². The van der Waals surface area contributed by atoms with Gasteiger partial charge in [-0.2, -0.15) is 0 Å². The Morgan fingerprint density at radius 2 is 1.11 bits per heavy atom. The van der Waals surface area contributed by atoms with E-state index in [1.54, 1.807) is 19.2 Å². The van der Waals surface area contributed by atoms with Crippen molar-refractivity contribution in [1.82, 2.24) is 0 Å². The van der Waals surface area contributed by atoms with Crippen molar-refractivity contribution in [3.8, 4) is 5.75 Å². The smallest absolute Gasteiger partial charge is 0.119 e. The van der Waals surface area contributed by atoms with Crippen molar-refractivity contribution in [2.24, 2.45) is 0 Å². The third kappa shape index (κ3) is 7.80. The molecule has 6 N–H and O–H groups in total. The molecule has 5 heteroatoms. The fourth-order valence-electron chi connectivity index (χ4n) is 2.24. The number of hydrogen-bond acceptors (Lipinski definition) is 4. The standard InChI is InChI=1S/C8H11NO.C8H11N.C7H8ClN/c1-6-5-7(10-2)3-4-8(6)9;1-6-3-4-8(9)7(2)5-6;1-5-4-6(8)2-3-7(5)9/h3-5H,9H2,1-2H3;3-5H,9H2,1-2H3;2-4H,9H2,1H3. The summed E-state index contributed by atoms with van der Waals surface area (Å²) in [4.78, 5) is 0. The molecule has 0 saturated heterocycles. The van der Waals surface area contributed by atoms with Crippen molar-refractivity contribution in [2.75, 3.05) is 24.3 Å². The van der Waals surface area contributed by atoms with E-state index in [1.807, 2.05) is 57.2 Å². The lowest BCUT2D eigenvalue weighted by Gasteiger charge is -2.02. The summed E-state index contributed by atoms with van der Waals surface area (Å²) < 4.78 is 4.99. The summed E-state index contributed by atoms with van der Waals surface area (Å²) in [5.41, 5.74) is 23.7. The van der Waals surface area contributed by atoms with E-state index < -0.39 is 0 Å². The molecule has 3 aromatic rings. The van der Waals surface area contributed by atoms with Crippen LogP contribution in [0.25, 0.3) is 0 Å². The number of methoxy groups -OCH3 is 1. The van der Waals surface area contributed by atoms with Crippen LogP contribution in [-0.4, -0.2) is 7.11 Å². The molecule has 0 aliphatic rings. The largest absolute Gasteiger partial charge is 0.497 e. The molecule has 150 valence electrons. The van der Waals surface area contributed by atoms with E-state index >= 15 is 0 Å². The van der Waals surface area contributed by atoms with Crippen LogP contribution in [-0.2, 0) is 0 Å². The second kappa shape index (κ2) is 11.1. The van der Waals surface area contributed by atoms with Crippen LogP contribution in [0.4, 0.5) is 17.1 Å². The fraction of sp³-hybridized carbons (Fsp3) is 0.217. The molecule has 0 aromatic heterocycles. The second-order valence-electron chi connectivity index (χ2n) is 6.58. The lowest BCUT2D eigenvalue weighted by Crippen LogP contribution is -1.90. The monoisotopic (exact) mass is 399 g/mol. The minimum Gasteiger partial charge on any atom is -0.497 e. The van der Waals surface area contributed by atoms with Crippen molar-refractivity contribution in [3.05, 3.63) is 81.9 Å². The van der Waals surface area contributed by atoms with Crippen LogP contribution in [0.2, 0.25) is 5.02 Å². The predicted molar refractivity (Wildman–Crippen MR) is 123 cm³/mol. The van der Waals surface area contributed by atoms with Crippen molar-refractivity contribution >= 4 is 28.7 Å². The van der Waals surface area contributed by atoms with E-state index in [0.717, 1.165) is 44.5 Å². The van der Waals surface area contributed by atoms with Crippen LogP contribution in [0.3, 0.4) is 0 Å². The normalized spacial score (nSPS) is 9.50. The average Bonchev–Trinajstić information content (AvgIpc) is 2.65. The summed E-state index contributed by atoms with van der Waals surface area (Å²) in [6.45, 7) is 7.97. The van der Waals surface area contributed by atoms with Crippen molar-refractivity contribution in [1.29, 1.82) is 0 Å². The maximum atomic E-state index is 5.66. The summed E-state index contributed by atoms with van der Waals surface area (Å²) in [5.74, 6) is 0.853. The zero-order valence-corrected chi connectivity index (χ0v) is 18.0. The summed E-state index contributed by atoms with van der Waals surface area (Å²) in [6, 6.07) is 17.1. The molecule has 0 fully saturated rings. The summed E-state index contributed by atoms with van der Waals surface area (Å²) in [5, 5.41) is 0.738. The average molecular weight is 400 g/mol. The Hall–Kier alpha value is -2.85. The molecule has 0 bridgehead atoms. The van der Waals surface area contributed by atoms with Crippen molar-refractivity contribution in [2.45, 2.75) is 27.7 Å². The highest BCUT2D eigenvalue weighted by Gasteiger charge is 1.94. The second-order valence-corrected chi connectivity index (χ2v) is 7.02. The van der Waals surface area contributed by atoms with E-state index in [9.17, 15) is 0 Å². The van der Waals surface area contributed by atoms with E-state index in [1.165, 1.54) is 5.56 Å². The number of hydrogen-bond donors (Lipinski definition) is 3. The summed E-state index contributed by atoms with van der Waals surface area (Å²) in [7, 11) is 1.64. The van der Waals surface area contributed by atoms with Crippen LogP contribution >= 0.6 is 11.6 Å². The van der Waals surface area contributed by atoms with Gasteiger partial charge in [-0.25, -0.2) is 0 Å². The Morgan fingerprint density at radius 3 is 1.50 bits per heavy atom. The Balaban J connectivity index is 0.000000210. The Bertz CT molecular complexity index is 861. The van der Waals surface area contributed by atoms with Crippen LogP contribution in [0.5, 0.6) is 5.75 Å². The van der Waals surface area contributed by atoms with Gasteiger partial charge in [0.25, 0.3) is 0 Å². The lowest BCUT2D eigenvalue weighted by molar-refractivity contribution is 0.414. The Labute approximate surface area is 173 Å². The highest BCUT2D eigenvalue weighted by molar-refractivity contribution is 6.30. The predicted octanol–water partition coefficient (Wildman–Crippen LogP) is 5.70. The van der Waals surface area contributed by atoms with Gasteiger partial charge >= 0.3 is 0 Å². The highest BCUT2D eigenvalue weighted by Crippen LogP contribution is 2.17. The van der Waals surface area contributed by atoms with Crippen molar-refractivity contribution in [3.63, 3.8) is 0 Å². The van der Waals surface area contributed by atoms with Gasteiger partial charge in [0.05, 0.1) is 7.11 Å². The number of halogens is 1. The van der Waals surface area contributed by atoms with Gasteiger partial charge in [-0.3, -0.25) is 0 Å². The number of nitrogens with two attached hydrogens (primary N) is 3. The molecule has 0 atom stereocenters. The topological polar surface area (TPSA) is 87.3 Å². The number of nitrogen functional groups attached to an aromatic ring is 3. The first kappa shape index (κ1) is 23.2. The third-order valence-electron chi connectivity index (χ3n) is 4.13. The number of ether oxygens (including phenoxy) is 1. The van der Waals surface area contributed by atoms with Gasteiger partial charge in [0.2, 0.25) is 0 Å². The van der Waals surface area contributed by atoms with Crippen LogP contribution in [0.15, 0.2) is 54.6 Å². The summed E-state index contributed by atoms with van der Waals surface area (Å²) in [6.07, 6.45) is 0. The first-order valence-electron chi connectivity index (χ1n) is 8.88. The molecule has 0 spiro atoms. The molecular formula is C23H30ClN3O. The van der Waals surface area contributed by atoms with Gasteiger partial charge < -0.3 is 21.9 Å². The maximum absolute atomic E-state index is 5.66. The van der Waals surface area contributed by atoms with Gasteiger partial charge in [0, 0.05) is 22.1 Å². The number of benzene rings is 3. The molecule has 0 amide bonds. The molecule has 0 radical (unpaired) electrons. The highest BCUT2D eigenvalue weighted by atomic mass is 35.5. The number of rotatable bonds is 1. The first-order chi connectivity index (χ1) is 13.1. The molecule has 4 nitrogen and oxygen atoms in total. The summed E-state index contributed by atoms with van der Waals surface area (Å²) >= 11 is 5.66. The Kier molecular flexibility index (Phi) is 9.19. The lowest BCUT2D eigenvalue weighted by atomic mass is 10.1. The molecule has 0 saturated carbocycles. The molecule has 3 aromatic carbocycles. The molecule has 0 aliphatic carbocycles. The van der Waals surface area contributed by atoms with Gasteiger partial charge in [-0.05, 0) is 86.8 Å². The zero-order valence-electron chi connectivity index (χ0n) is 17.2. The van der Waals surface area contributed by atoms with Gasteiger partial charge in [0.1, 0.15) is 5.75 Å². The third-order valence-corrected chi connectivity index (χ3v) is 4.37. The van der Waals surface area contributed by atoms with Gasteiger partial charge in [0.15, 0.2) is 0 Å². The van der Waals surface area contributed by atoms with E-state index in [2.05, 4.69) is 13.0 Å². The molecule has 0 aliphatic heterocycles. The van der Waals surface area contributed by atoms with Crippen LogP contribution in [0.1, 0.15) is 22.3 Å². The molecule has 3 rings (SSSR count). The molecule has 0 heterocycles. The van der Waals surface area contributed by atoms with Gasteiger partial charge in [-0.1, -0.05) is 29.3 Å². The van der Waals surface area contributed by atoms with Crippen LogP contribution < -0.4 is 21.9 Å².